The summed E-state index contributed by atoms with van der Waals surface area (Å²) in [5.74, 6) is -1.56. The zero-order valence-electron chi connectivity index (χ0n) is 21.6. The minimum atomic E-state index is -0.897. The Morgan fingerprint density at radius 1 is 0.737 bits per heavy atom. The Balaban J connectivity index is 0.00000507. The lowest BCUT2D eigenvalue weighted by atomic mass is 10.1. The molecule has 0 saturated carbocycles. The maximum Gasteiger partial charge on any atom is 0.343 e. The molecule has 0 aliphatic carbocycles. The highest BCUT2D eigenvalue weighted by molar-refractivity contribution is 5.93. The lowest BCUT2D eigenvalue weighted by Gasteiger charge is -2.20. The van der Waals surface area contributed by atoms with E-state index in [4.69, 9.17) is 19.9 Å². The SMILES string of the molecule is CCCC(CCC)OC(=O)C(N)Cc1ccc(OC(=O)c2ccccc2)c(OC(=O)c2ccccc2)c1.Cl. The van der Waals surface area contributed by atoms with Crippen LogP contribution in [-0.4, -0.2) is 30.1 Å². The van der Waals surface area contributed by atoms with E-state index in [1.54, 1.807) is 72.8 Å². The molecule has 3 aromatic carbocycles. The smallest absolute Gasteiger partial charge is 0.343 e. The van der Waals surface area contributed by atoms with Crippen molar-refractivity contribution < 1.29 is 28.6 Å². The summed E-state index contributed by atoms with van der Waals surface area (Å²) in [5, 5.41) is 0. The monoisotopic (exact) mass is 539 g/mol. The van der Waals surface area contributed by atoms with Gasteiger partial charge in [0.15, 0.2) is 11.5 Å². The van der Waals surface area contributed by atoms with Gasteiger partial charge in [-0.15, -0.1) is 12.4 Å². The molecule has 3 aromatic rings. The van der Waals surface area contributed by atoms with Gasteiger partial charge in [-0.1, -0.05) is 69.2 Å². The third-order valence-corrected chi connectivity index (χ3v) is 5.69. The molecule has 38 heavy (non-hydrogen) atoms. The number of rotatable bonds is 12. The van der Waals surface area contributed by atoms with Crippen LogP contribution in [0.25, 0.3) is 0 Å². The first-order valence-corrected chi connectivity index (χ1v) is 12.5. The van der Waals surface area contributed by atoms with Crippen LogP contribution in [0.3, 0.4) is 0 Å². The molecule has 0 bridgehead atoms. The number of hydrogen-bond donors (Lipinski definition) is 1. The number of esters is 3. The van der Waals surface area contributed by atoms with E-state index in [2.05, 4.69) is 0 Å². The van der Waals surface area contributed by atoms with Gasteiger partial charge in [-0.3, -0.25) is 4.79 Å². The summed E-state index contributed by atoms with van der Waals surface area (Å²) in [6, 6.07) is 20.8. The number of carbonyl (C=O) groups excluding carboxylic acids is 3. The molecule has 7 nitrogen and oxygen atoms in total. The Kier molecular flexibility index (Phi) is 12.5. The van der Waals surface area contributed by atoms with Crippen molar-refractivity contribution in [2.45, 2.75) is 58.1 Å². The minimum Gasteiger partial charge on any atom is -0.461 e. The van der Waals surface area contributed by atoms with Crippen molar-refractivity contribution in [2.24, 2.45) is 5.73 Å². The average Bonchev–Trinajstić information content (AvgIpc) is 2.91. The maximum atomic E-state index is 12.7. The van der Waals surface area contributed by atoms with Crippen molar-refractivity contribution in [3.05, 3.63) is 95.6 Å². The Labute approximate surface area is 229 Å². The summed E-state index contributed by atoms with van der Waals surface area (Å²) in [6.45, 7) is 4.09. The van der Waals surface area contributed by atoms with Crippen LogP contribution < -0.4 is 15.2 Å². The summed E-state index contributed by atoms with van der Waals surface area (Å²) >= 11 is 0. The fraction of sp³-hybridized carbons (Fsp3) is 0.300. The molecule has 0 aliphatic rings. The van der Waals surface area contributed by atoms with Crippen molar-refractivity contribution >= 4 is 30.3 Å². The fourth-order valence-electron chi connectivity index (χ4n) is 3.80. The summed E-state index contributed by atoms with van der Waals surface area (Å²) in [5.41, 5.74) is 7.48. The Bertz CT molecular complexity index is 1180. The molecule has 1 atom stereocenters. The van der Waals surface area contributed by atoms with E-state index >= 15 is 0 Å². The van der Waals surface area contributed by atoms with E-state index in [9.17, 15) is 14.4 Å². The second-order valence-electron chi connectivity index (χ2n) is 8.74. The molecule has 0 amide bonds. The fourth-order valence-corrected chi connectivity index (χ4v) is 3.80. The highest BCUT2D eigenvalue weighted by Gasteiger charge is 2.22. The zero-order valence-corrected chi connectivity index (χ0v) is 22.4. The van der Waals surface area contributed by atoms with Crippen LogP contribution in [0.2, 0.25) is 0 Å². The van der Waals surface area contributed by atoms with E-state index in [1.807, 2.05) is 13.8 Å². The van der Waals surface area contributed by atoms with Gasteiger partial charge >= 0.3 is 17.9 Å². The molecule has 0 fully saturated rings. The van der Waals surface area contributed by atoms with Crippen LogP contribution >= 0.6 is 12.4 Å². The third kappa shape index (κ3) is 9.01. The molecule has 0 spiro atoms. The van der Waals surface area contributed by atoms with Crippen molar-refractivity contribution in [3.8, 4) is 11.5 Å². The third-order valence-electron chi connectivity index (χ3n) is 5.69. The summed E-state index contributed by atoms with van der Waals surface area (Å²) in [4.78, 5) is 38.0. The van der Waals surface area contributed by atoms with Crippen molar-refractivity contribution in [1.82, 2.24) is 0 Å². The van der Waals surface area contributed by atoms with Crippen molar-refractivity contribution in [2.75, 3.05) is 0 Å². The highest BCUT2D eigenvalue weighted by Crippen LogP contribution is 2.31. The molecule has 0 saturated heterocycles. The van der Waals surface area contributed by atoms with Crippen LogP contribution in [0.15, 0.2) is 78.9 Å². The quantitative estimate of drug-likeness (QED) is 0.225. The van der Waals surface area contributed by atoms with Gasteiger partial charge in [0.25, 0.3) is 0 Å². The number of carbonyl (C=O) groups is 3. The highest BCUT2D eigenvalue weighted by atomic mass is 35.5. The van der Waals surface area contributed by atoms with Crippen LogP contribution in [0.5, 0.6) is 11.5 Å². The number of halogens is 1. The molecule has 0 aromatic heterocycles. The van der Waals surface area contributed by atoms with Gasteiger partial charge in [-0.2, -0.15) is 0 Å². The van der Waals surface area contributed by atoms with Gasteiger partial charge in [0, 0.05) is 0 Å². The predicted octanol–water partition coefficient (Wildman–Crippen LogP) is 5.93. The number of nitrogens with two attached hydrogens (primary N) is 1. The molecule has 2 N–H and O–H groups in total. The zero-order chi connectivity index (χ0) is 26.6. The van der Waals surface area contributed by atoms with Gasteiger partial charge in [0.1, 0.15) is 12.1 Å². The second-order valence-corrected chi connectivity index (χ2v) is 8.74. The van der Waals surface area contributed by atoms with Gasteiger partial charge in [-0.05, 0) is 61.2 Å². The molecule has 1 unspecified atom stereocenters. The Morgan fingerprint density at radius 3 is 1.74 bits per heavy atom. The van der Waals surface area contributed by atoms with Crippen LogP contribution in [0.1, 0.15) is 65.8 Å². The lowest BCUT2D eigenvalue weighted by molar-refractivity contribution is -0.151. The van der Waals surface area contributed by atoms with E-state index < -0.39 is 23.9 Å². The van der Waals surface area contributed by atoms with Gasteiger partial charge in [0.2, 0.25) is 0 Å². The topological polar surface area (TPSA) is 105 Å². The van der Waals surface area contributed by atoms with Gasteiger partial charge < -0.3 is 19.9 Å². The normalized spacial score (nSPS) is 11.3. The average molecular weight is 540 g/mol. The summed E-state index contributed by atoms with van der Waals surface area (Å²) in [6.07, 6.45) is 3.39. The lowest BCUT2D eigenvalue weighted by Crippen LogP contribution is -2.36. The number of hydrogen-bond acceptors (Lipinski definition) is 7. The second kappa shape index (κ2) is 15.5. The minimum absolute atomic E-state index is 0. The van der Waals surface area contributed by atoms with Crippen molar-refractivity contribution in [3.63, 3.8) is 0 Å². The standard InChI is InChI=1S/C30H33NO6.ClH/c1-3-11-24(12-4-2)35-30(34)25(31)19-21-17-18-26(36-28(32)22-13-7-5-8-14-22)27(20-21)37-29(33)23-15-9-6-10-16-23;/h5-10,13-18,20,24-25H,3-4,11-12,19,31H2,1-2H3;1H. The van der Waals surface area contributed by atoms with E-state index in [-0.39, 0.29) is 36.4 Å². The van der Waals surface area contributed by atoms with Crippen molar-refractivity contribution in [1.29, 1.82) is 0 Å². The number of ether oxygens (including phenoxy) is 3. The molecule has 0 heterocycles. The summed E-state index contributed by atoms with van der Waals surface area (Å²) < 4.78 is 16.8. The van der Waals surface area contributed by atoms with E-state index in [0.717, 1.165) is 25.7 Å². The Morgan fingerprint density at radius 2 is 1.24 bits per heavy atom. The first-order chi connectivity index (χ1) is 17.9. The maximum absolute atomic E-state index is 12.7. The van der Waals surface area contributed by atoms with Crippen LogP contribution in [-0.2, 0) is 16.0 Å². The molecule has 0 radical (unpaired) electrons. The van der Waals surface area contributed by atoms with E-state index in [1.165, 1.54) is 6.07 Å². The first kappa shape index (κ1) is 30.5. The van der Waals surface area contributed by atoms with Crippen LogP contribution in [0.4, 0.5) is 0 Å². The Hall–Kier alpha value is -3.68. The first-order valence-electron chi connectivity index (χ1n) is 12.5. The summed E-state index contributed by atoms with van der Waals surface area (Å²) in [7, 11) is 0. The number of benzene rings is 3. The predicted molar refractivity (Wildman–Crippen MR) is 148 cm³/mol. The molecule has 202 valence electrons. The van der Waals surface area contributed by atoms with Gasteiger partial charge in [0.05, 0.1) is 11.1 Å². The van der Waals surface area contributed by atoms with E-state index in [0.29, 0.717) is 16.7 Å². The molecular weight excluding hydrogens is 506 g/mol. The molecular formula is C30H34ClNO6. The largest absolute Gasteiger partial charge is 0.461 e. The van der Waals surface area contributed by atoms with Gasteiger partial charge in [-0.25, -0.2) is 9.59 Å². The molecule has 3 rings (SSSR count). The molecule has 0 aliphatic heterocycles. The molecule has 8 heteroatoms. The van der Waals surface area contributed by atoms with Crippen LogP contribution in [0, 0.1) is 0 Å².